The highest BCUT2D eigenvalue weighted by Crippen LogP contribution is 2.29. The SMILES string of the molecule is CC1CCCCC1Nc1cc(=O)n(C)c2ccccc12. The summed E-state index contributed by atoms with van der Waals surface area (Å²) in [6.45, 7) is 2.31. The van der Waals surface area contributed by atoms with E-state index in [9.17, 15) is 4.79 Å². The number of fused-ring (bicyclic) bond motifs is 1. The van der Waals surface area contributed by atoms with Crippen LogP contribution in [0.4, 0.5) is 5.69 Å². The molecule has 1 heterocycles. The van der Waals surface area contributed by atoms with Crippen LogP contribution in [-0.2, 0) is 7.05 Å². The molecule has 1 saturated carbocycles. The van der Waals surface area contributed by atoms with Crippen LogP contribution >= 0.6 is 0 Å². The Morgan fingerprint density at radius 2 is 1.95 bits per heavy atom. The van der Waals surface area contributed by atoms with Gasteiger partial charge in [-0.05, 0) is 24.8 Å². The zero-order valence-corrected chi connectivity index (χ0v) is 12.2. The van der Waals surface area contributed by atoms with Crippen molar-refractivity contribution < 1.29 is 0 Å². The molecule has 1 aromatic carbocycles. The van der Waals surface area contributed by atoms with Gasteiger partial charge in [-0.25, -0.2) is 0 Å². The van der Waals surface area contributed by atoms with Crippen LogP contribution in [0.25, 0.3) is 10.9 Å². The smallest absolute Gasteiger partial charge is 0.252 e. The summed E-state index contributed by atoms with van der Waals surface area (Å²) >= 11 is 0. The lowest BCUT2D eigenvalue weighted by Crippen LogP contribution is -2.31. The molecule has 20 heavy (non-hydrogen) atoms. The monoisotopic (exact) mass is 270 g/mol. The summed E-state index contributed by atoms with van der Waals surface area (Å²) in [6, 6.07) is 10.3. The Hall–Kier alpha value is -1.77. The minimum Gasteiger partial charge on any atom is -0.381 e. The van der Waals surface area contributed by atoms with Gasteiger partial charge >= 0.3 is 0 Å². The first kappa shape index (κ1) is 13.2. The van der Waals surface area contributed by atoms with E-state index in [4.69, 9.17) is 0 Å². The average molecular weight is 270 g/mol. The van der Waals surface area contributed by atoms with Gasteiger partial charge in [0.15, 0.2) is 0 Å². The van der Waals surface area contributed by atoms with Gasteiger partial charge in [0.2, 0.25) is 0 Å². The van der Waals surface area contributed by atoms with Crippen LogP contribution in [0.3, 0.4) is 0 Å². The Morgan fingerprint density at radius 3 is 2.75 bits per heavy atom. The van der Waals surface area contributed by atoms with E-state index in [1.807, 2.05) is 25.2 Å². The predicted octanol–water partition coefficient (Wildman–Crippen LogP) is 3.53. The van der Waals surface area contributed by atoms with Gasteiger partial charge in [-0.15, -0.1) is 0 Å². The Morgan fingerprint density at radius 1 is 1.20 bits per heavy atom. The first-order valence-electron chi connectivity index (χ1n) is 7.52. The van der Waals surface area contributed by atoms with Gasteiger partial charge in [-0.2, -0.15) is 0 Å². The molecule has 0 spiro atoms. The quantitative estimate of drug-likeness (QED) is 0.905. The maximum atomic E-state index is 12.1. The van der Waals surface area contributed by atoms with Crippen LogP contribution < -0.4 is 10.9 Å². The largest absolute Gasteiger partial charge is 0.381 e. The van der Waals surface area contributed by atoms with Gasteiger partial charge in [-0.1, -0.05) is 38.0 Å². The number of anilines is 1. The van der Waals surface area contributed by atoms with Crippen LogP contribution in [0.1, 0.15) is 32.6 Å². The highest BCUT2D eigenvalue weighted by atomic mass is 16.1. The topological polar surface area (TPSA) is 34.0 Å². The number of benzene rings is 1. The van der Waals surface area contributed by atoms with E-state index < -0.39 is 0 Å². The van der Waals surface area contributed by atoms with Crippen LogP contribution in [0.5, 0.6) is 0 Å². The molecule has 1 aliphatic rings. The fourth-order valence-corrected chi connectivity index (χ4v) is 3.26. The molecule has 0 radical (unpaired) electrons. The third-order valence-corrected chi connectivity index (χ3v) is 4.61. The molecule has 2 atom stereocenters. The van der Waals surface area contributed by atoms with Crippen molar-refractivity contribution in [1.82, 2.24) is 4.57 Å². The van der Waals surface area contributed by atoms with E-state index in [0.717, 1.165) is 16.6 Å². The summed E-state index contributed by atoms with van der Waals surface area (Å²) in [4.78, 5) is 12.1. The van der Waals surface area contributed by atoms with E-state index in [1.165, 1.54) is 25.7 Å². The first-order valence-corrected chi connectivity index (χ1v) is 7.52. The Kier molecular flexibility index (Phi) is 3.51. The molecule has 1 aliphatic carbocycles. The molecular weight excluding hydrogens is 248 g/mol. The van der Waals surface area contributed by atoms with Crippen molar-refractivity contribution in [2.24, 2.45) is 13.0 Å². The molecular formula is C17H22N2O. The van der Waals surface area contributed by atoms with Crippen molar-refractivity contribution in [1.29, 1.82) is 0 Å². The zero-order valence-electron chi connectivity index (χ0n) is 12.2. The molecule has 0 saturated heterocycles. The highest BCUT2D eigenvalue weighted by molar-refractivity contribution is 5.91. The first-order chi connectivity index (χ1) is 9.66. The Labute approximate surface area is 119 Å². The summed E-state index contributed by atoms with van der Waals surface area (Å²) in [5.41, 5.74) is 2.03. The van der Waals surface area contributed by atoms with Crippen LogP contribution in [-0.4, -0.2) is 10.6 Å². The Bertz CT molecular complexity index is 674. The summed E-state index contributed by atoms with van der Waals surface area (Å²) in [5, 5.41) is 4.76. The van der Waals surface area contributed by atoms with E-state index in [0.29, 0.717) is 12.0 Å². The second-order valence-corrected chi connectivity index (χ2v) is 5.98. The molecule has 3 rings (SSSR count). The van der Waals surface area contributed by atoms with Gasteiger partial charge in [0.25, 0.3) is 5.56 Å². The number of hydrogen-bond acceptors (Lipinski definition) is 2. The van der Waals surface area contributed by atoms with Crippen molar-refractivity contribution in [2.75, 3.05) is 5.32 Å². The normalized spacial score (nSPS) is 22.9. The number of aryl methyl sites for hydroxylation is 1. The molecule has 3 heteroatoms. The summed E-state index contributed by atoms with van der Waals surface area (Å²) in [7, 11) is 1.83. The molecule has 2 unspecified atom stereocenters. The van der Waals surface area contributed by atoms with Crippen LogP contribution in [0.15, 0.2) is 35.1 Å². The number of rotatable bonds is 2. The van der Waals surface area contributed by atoms with Crippen LogP contribution in [0, 0.1) is 5.92 Å². The Balaban J connectivity index is 2.03. The predicted molar refractivity (Wildman–Crippen MR) is 84.2 cm³/mol. The van der Waals surface area contributed by atoms with Gasteiger partial charge in [0.05, 0.1) is 5.52 Å². The molecule has 0 aliphatic heterocycles. The second-order valence-electron chi connectivity index (χ2n) is 5.98. The second kappa shape index (κ2) is 5.31. The lowest BCUT2D eigenvalue weighted by Gasteiger charge is -2.30. The van der Waals surface area contributed by atoms with Crippen molar-refractivity contribution >= 4 is 16.6 Å². The molecule has 1 aromatic heterocycles. The lowest BCUT2D eigenvalue weighted by molar-refractivity contribution is 0.349. The third-order valence-electron chi connectivity index (χ3n) is 4.61. The minimum atomic E-state index is 0.0506. The van der Waals surface area contributed by atoms with E-state index in [2.05, 4.69) is 18.3 Å². The van der Waals surface area contributed by atoms with Crippen molar-refractivity contribution in [3.8, 4) is 0 Å². The van der Waals surface area contributed by atoms with E-state index in [-0.39, 0.29) is 5.56 Å². The molecule has 106 valence electrons. The number of aromatic nitrogens is 1. The van der Waals surface area contributed by atoms with Crippen molar-refractivity contribution in [2.45, 2.75) is 38.6 Å². The van der Waals surface area contributed by atoms with E-state index >= 15 is 0 Å². The fourth-order valence-electron chi connectivity index (χ4n) is 3.26. The minimum absolute atomic E-state index is 0.0506. The molecule has 0 amide bonds. The standard InChI is InChI=1S/C17H22N2O/c1-12-7-3-5-9-14(12)18-15-11-17(20)19(2)16-10-6-4-8-13(15)16/h4,6,8,10-12,14,18H,3,5,7,9H2,1-2H3. The maximum absolute atomic E-state index is 12.1. The van der Waals surface area contributed by atoms with Crippen LogP contribution in [0.2, 0.25) is 0 Å². The van der Waals surface area contributed by atoms with Gasteiger partial charge in [0, 0.05) is 30.2 Å². The van der Waals surface area contributed by atoms with Gasteiger partial charge in [0.1, 0.15) is 0 Å². The van der Waals surface area contributed by atoms with E-state index in [1.54, 1.807) is 10.6 Å². The number of nitrogens with one attached hydrogen (secondary N) is 1. The van der Waals surface area contributed by atoms with Gasteiger partial charge in [-0.3, -0.25) is 4.79 Å². The van der Waals surface area contributed by atoms with Crippen molar-refractivity contribution in [3.05, 3.63) is 40.7 Å². The molecule has 1 fully saturated rings. The molecule has 3 nitrogen and oxygen atoms in total. The number of pyridine rings is 1. The average Bonchev–Trinajstić information content (AvgIpc) is 2.47. The number of para-hydroxylation sites is 1. The zero-order chi connectivity index (χ0) is 14.1. The highest BCUT2D eigenvalue weighted by Gasteiger charge is 2.21. The number of hydrogen-bond donors (Lipinski definition) is 1. The molecule has 2 aromatic rings. The molecule has 1 N–H and O–H groups in total. The summed E-state index contributed by atoms with van der Waals surface area (Å²) < 4.78 is 1.71. The lowest BCUT2D eigenvalue weighted by atomic mass is 9.86. The maximum Gasteiger partial charge on any atom is 0.252 e. The third kappa shape index (κ3) is 2.33. The number of nitrogens with zero attached hydrogens (tertiary/aromatic N) is 1. The van der Waals surface area contributed by atoms with Crippen molar-refractivity contribution in [3.63, 3.8) is 0 Å². The van der Waals surface area contributed by atoms with Gasteiger partial charge < -0.3 is 9.88 Å². The fraction of sp³-hybridized carbons (Fsp3) is 0.471. The summed E-state index contributed by atoms with van der Waals surface area (Å²) in [6.07, 6.45) is 5.09. The molecule has 0 bridgehead atoms. The summed E-state index contributed by atoms with van der Waals surface area (Å²) in [5.74, 6) is 0.673.